The number of fused-ring (bicyclic) bond motifs is 3. The van der Waals surface area contributed by atoms with Crippen LogP contribution in [0.3, 0.4) is 0 Å². The topological polar surface area (TPSA) is 0 Å². The Morgan fingerprint density at radius 1 is 0.755 bits per heavy atom. The van der Waals surface area contributed by atoms with E-state index in [0.29, 0.717) is 0 Å². The first kappa shape index (κ1) is 33.9. The SMILES string of the molecule is CC=C1CCCC1=CC(C#Cc1cc2c(s1)-c1sc(/C=C/C)cc1C2(C)C)=C([C]#[Os])[P+](c1ccccc1)(c1ccccc1)c1ccccc1. The summed E-state index contributed by atoms with van der Waals surface area (Å²) in [5.41, 5.74) is 6.74. The number of thiophene rings is 2. The van der Waals surface area contributed by atoms with Crippen LogP contribution < -0.4 is 15.9 Å². The zero-order chi connectivity index (χ0) is 34.0. The van der Waals surface area contributed by atoms with Crippen LogP contribution in [0, 0.1) is 16.2 Å². The van der Waals surface area contributed by atoms with Gasteiger partial charge in [0.2, 0.25) is 0 Å². The van der Waals surface area contributed by atoms with Gasteiger partial charge in [-0.25, -0.2) is 0 Å². The molecule has 0 spiro atoms. The fourth-order valence-electron chi connectivity index (χ4n) is 7.35. The Kier molecular flexibility index (Phi) is 9.92. The van der Waals surface area contributed by atoms with Gasteiger partial charge in [0.15, 0.2) is 0 Å². The third-order valence-corrected chi connectivity index (χ3v) is 17.5. The summed E-state index contributed by atoms with van der Waals surface area (Å²) in [6.45, 7) is 8.99. The molecule has 2 aliphatic carbocycles. The predicted molar refractivity (Wildman–Crippen MR) is 213 cm³/mol. The van der Waals surface area contributed by atoms with Crippen molar-refractivity contribution < 1.29 is 17.9 Å². The molecule has 0 aliphatic heterocycles. The Bertz CT molecular complexity index is 2150. The quantitative estimate of drug-likeness (QED) is 0.118. The van der Waals surface area contributed by atoms with E-state index in [0.717, 1.165) is 23.3 Å². The third kappa shape index (κ3) is 6.11. The molecule has 0 N–H and O–H groups in total. The summed E-state index contributed by atoms with van der Waals surface area (Å²) in [5, 5.41) is 5.15. The van der Waals surface area contributed by atoms with Crippen LogP contribution in [0.4, 0.5) is 0 Å². The molecule has 0 unspecified atom stereocenters. The third-order valence-electron chi connectivity index (χ3n) is 9.76. The molecule has 243 valence electrons. The number of allylic oxidation sites excluding steroid dienone is 7. The van der Waals surface area contributed by atoms with Crippen LogP contribution in [-0.4, -0.2) is 0 Å². The van der Waals surface area contributed by atoms with Gasteiger partial charge in [-0.1, -0.05) is 6.08 Å². The number of hydrogen-bond acceptors (Lipinski definition) is 2. The van der Waals surface area contributed by atoms with Crippen LogP contribution >= 0.6 is 29.9 Å². The molecule has 2 aromatic heterocycles. The van der Waals surface area contributed by atoms with Gasteiger partial charge in [0, 0.05) is 0 Å². The van der Waals surface area contributed by atoms with Crippen molar-refractivity contribution >= 4 is 51.9 Å². The molecule has 1 fully saturated rings. The minimum atomic E-state index is -2.39. The molecule has 0 atom stereocenters. The van der Waals surface area contributed by atoms with Gasteiger partial charge in [-0.2, -0.15) is 0 Å². The molecule has 0 nitrogen and oxygen atoms in total. The fourth-order valence-corrected chi connectivity index (χ4v) is 15.7. The first-order chi connectivity index (χ1) is 23.9. The maximum atomic E-state index is 3.85. The van der Waals surface area contributed by atoms with Gasteiger partial charge in [-0.3, -0.25) is 0 Å². The minimum absolute atomic E-state index is 0.0331. The molecule has 49 heavy (non-hydrogen) atoms. The average Bonchev–Trinajstić information content (AvgIpc) is 3.92. The number of benzene rings is 3. The van der Waals surface area contributed by atoms with Crippen molar-refractivity contribution in [3.63, 3.8) is 0 Å². The standard InChI is InChI=1S/C45H39PS2.Os/c1-6-18-39-30-41-43(47-39)44-42(45(41,4)5)31-40(48-44)28-27-34(29-35-20-17-19-33(35)7-2)32(3)46(36-21-11-8-12-22-36,37-23-13-9-14-24-37)38-25-15-10-16-26-38;/h6-16,18,21-26,29-31H,17,19-20H2,1-2,4-5H3;/q+1;/b18-6+,33-7?,34-32?,35-29?;. The Balaban J connectivity index is 1.50. The summed E-state index contributed by atoms with van der Waals surface area (Å²) >= 11 is 5.59. The van der Waals surface area contributed by atoms with Crippen LogP contribution in [-0.2, 0) is 23.4 Å². The van der Waals surface area contributed by atoms with Crippen LogP contribution in [0.15, 0.2) is 143 Å². The summed E-state index contributed by atoms with van der Waals surface area (Å²) in [7, 11) is -2.39. The van der Waals surface area contributed by atoms with Crippen LogP contribution in [0.2, 0.25) is 0 Å². The molecule has 4 heteroatoms. The molecule has 0 bridgehead atoms. The molecule has 5 aromatic rings. The van der Waals surface area contributed by atoms with Gasteiger partial charge < -0.3 is 0 Å². The van der Waals surface area contributed by atoms with Crippen molar-refractivity contribution in [2.45, 2.75) is 52.4 Å². The van der Waals surface area contributed by atoms with Gasteiger partial charge >= 0.3 is 299 Å². The average molecular weight is 865 g/mol. The van der Waals surface area contributed by atoms with Gasteiger partial charge in [-0.15, -0.1) is 0 Å². The van der Waals surface area contributed by atoms with Crippen molar-refractivity contribution in [1.29, 1.82) is 0 Å². The van der Waals surface area contributed by atoms with Gasteiger partial charge in [-0.05, 0) is 6.92 Å². The summed E-state index contributed by atoms with van der Waals surface area (Å²) in [6.07, 6.45) is 12.5. The maximum absolute atomic E-state index is 3.85. The van der Waals surface area contributed by atoms with E-state index in [2.05, 4.69) is 171 Å². The zero-order valence-corrected chi connectivity index (χ0v) is 33.4. The van der Waals surface area contributed by atoms with Gasteiger partial charge in [0.1, 0.15) is 0 Å². The molecule has 0 radical (unpaired) electrons. The first-order valence-corrected chi connectivity index (χ1v) is 21.6. The van der Waals surface area contributed by atoms with Crippen molar-refractivity contribution in [2.24, 2.45) is 0 Å². The Morgan fingerprint density at radius 3 is 1.86 bits per heavy atom. The second-order valence-electron chi connectivity index (χ2n) is 13.0. The van der Waals surface area contributed by atoms with E-state index in [-0.39, 0.29) is 5.41 Å². The molecule has 2 heterocycles. The van der Waals surface area contributed by atoms with E-state index in [1.54, 1.807) is 0 Å². The van der Waals surface area contributed by atoms with E-state index in [9.17, 15) is 0 Å². The van der Waals surface area contributed by atoms with Crippen LogP contribution in [0.1, 0.15) is 67.8 Å². The van der Waals surface area contributed by atoms with E-state index >= 15 is 0 Å². The van der Waals surface area contributed by atoms with E-state index in [1.165, 1.54) is 64.6 Å². The normalized spacial score (nSPS) is 17.1. The van der Waals surface area contributed by atoms with Crippen LogP contribution in [0.5, 0.6) is 0 Å². The molecular weight excluding hydrogens is 826 g/mol. The molecular formula is C45H39OsPS2+. The molecule has 2 aliphatic rings. The summed E-state index contributed by atoms with van der Waals surface area (Å²) in [5.74, 6) is 7.58. The molecule has 1 saturated carbocycles. The Labute approximate surface area is 310 Å². The predicted octanol–water partition coefficient (Wildman–Crippen LogP) is 11.3. The van der Waals surface area contributed by atoms with E-state index < -0.39 is 7.26 Å². The van der Waals surface area contributed by atoms with Gasteiger partial charge in [0.25, 0.3) is 0 Å². The van der Waals surface area contributed by atoms with Crippen molar-refractivity contribution in [3.05, 3.63) is 164 Å². The van der Waals surface area contributed by atoms with E-state index in [1.807, 2.05) is 40.6 Å². The second-order valence-corrected chi connectivity index (χ2v) is 19.1. The fraction of sp³-hybridized carbons (Fsp3) is 0.178. The summed E-state index contributed by atoms with van der Waals surface area (Å²) in [4.78, 5) is 5.24. The summed E-state index contributed by atoms with van der Waals surface area (Å²) < 4.78 is 3.85. The molecule has 3 aromatic carbocycles. The van der Waals surface area contributed by atoms with Crippen molar-refractivity contribution in [2.75, 3.05) is 0 Å². The monoisotopic (exact) mass is 866 g/mol. The number of hydrogen-bond donors (Lipinski definition) is 0. The van der Waals surface area contributed by atoms with E-state index in [4.69, 9.17) is 0 Å². The van der Waals surface area contributed by atoms with Crippen molar-refractivity contribution in [1.82, 2.24) is 0 Å². The summed E-state index contributed by atoms with van der Waals surface area (Å²) in [6, 6.07) is 38.1. The van der Waals surface area contributed by atoms with Crippen LogP contribution in [0.25, 0.3) is 15.8 Å². The first-order valence-electron chi connectivity index (χ1n) is 16.9. The van der Waals surface area contributed by atoms with Gasteiger partial charge in [0.05, 0.1) is 0 Å². The number of rotatable bonds is 6. The molecule has 7 rings (SSSR count). The molecule has 0 saturated heterocycles. The Hall–Kier alpha value is -3.57. The Morgan fingerprint density at radius 2 is 1.31 bits per heavy atom. The second kappa shape index (κ2) is 14.3. The zero-order valence-electron chi connectivity index (χ0n) is 28.4. The van der Waals surface area contributed by atoms with Crippen molar-refractivity contribution in [3.8, 4) is 26.0 Å². The molecule has 0 amide bonds.